The smallest absolute Gasteiger partial charge is 0.258 e. The summed E-state index contributed by atoms with van der Waals surface area (Å²) in [5.74, 6) is 1.27. The monoisotopic (exact) mass is 368 g/mol. The summed E-state index contributed by atoms with van der Waals surface area (Å²) in [4.78, 5) is 25.8. The number of thioether (sulfide) groups is 1. The van der Waals surface area contributed by atoms with E-state index >= 15 is 0 Å². The lowest BCUT2D eigenvalue weighted by Gasteiger charge is -2.07. The van der Waals surface area contributed by atoms with Gasteiger partial charge in [0.05, 0.1) is 16.2 Å². The van der Waals surface area contributed by atoms with E-state index in [1.165, 1.54) is 10.5 Å². The van der Waals surface area contributed by atoms with Crippen molar-refractivity contribution in [2.24, 2.45) is 0 Å². The van der Waals surface area contributed by atoms with Crippen LogP contribution in [0, 0.1) is 6.92 Å². The molecule has 0 bridgehead atoms. The lowest BCUT2D eigenvalue weighted by molar-refractivity contribution is 0.998. The van der Waals surface area contributed by atoms with Gasteiger partial charge in [-0.05, 0) is 25.1 Å². The van der Waals surface area contributed by atoms with Gasteiger partial charge in [-0.2, -0.15) is 0 Å². The maximum Gasteiger partial charge on any atom is 0.258 e. The number of fused-ring (bicyclic) bond motifs is 2. The highest BCUT2D eigenvalue weighted by molar-refractivity contribution is 7.98. The normalized spacial score (nSPS) is 11.3. The second kappa shape index (κ2) is 6.46. The van der Waals surface area contributed by atoms with Crippen molar-refractivity contribution in [3.63, 3.8) is 0 Å². The Morgan fingerprint density at radius 1 is 1.12 bits per heavy atom. The number of aromatic nitrogens is 4. The summed E-state index contributed by atoms with van der Waals surface area (Å²) in [6.45, 7) is 1.88. The van der Waals surface area contributed by atoms with E-state index in [1.807, 2.05) is 31.2 Å². The molecule has 1 aromatic carbocycles. The van der Waals surface area contributed by atoms with Crippen LogP contribution in [0.15, 0.2) is 58.5 Å². The second-order valence-corrected chi connectivity index (χ2v) is 6.94. The van der Waals surface area contributed by atoms with Crippen LogP contribution in [0.3, 0.4) is 0 Å². The fourth-order valence-electron chi connectivity index (χ4n) is 2.61. The van der Waals surface area contributed by atoms with E-state index in [-0.39, 0.29) is 5.56 Å². The predicted molar refractivity (Wildman–Crippen MR) is 100 cm³/mol. The zero-order valence-electron chi connectivity index (χ0n) is 13.3. The maximum atomic E-state index is 12.3. The Bertz CT molecular complexity index is 1160. The standard InChI is InChI=1S/C18H13ClN4OS/c1-11-20-15-5-3-2-4-14(15)18(21-11)25-10-13-8-17(24)23-9-12(19)6-7-16(23)22-13/h2-9H,10H2,1H3. The fraction of sp³-hybridized carbons (Fsp3) is 0.111. The fourth-order valence-corrected chi connectivity index (χ4v) is 3.73. The predicted octanol–water partition coefficient (Wildman–Crippen LogP) is 3.89. The van der Waals surface area contributed by atoms with Gasteiger partial charge in [0.1, 0.15) is 16.5 Å². The first-order chi connectivity index (χ1) is 12.1. The van der Waals surface area contributed by atoms with Crippen LogP contribution in [0.4, 0.5) is 0 Å². The van der Waals surface area contributed by atoms with E-state index in [4.69, 9.17) is 11.6 Å². The first-order valence-corrected chi connectivity index (χ1v) is 9.00. The molecule has 7 heteroatoms. The number of pyridine rings is 1. The van der Waals surface area contributed by atoms with E-state index < -0.39 is 0 Å². The lowest BCUT2D eigenvalue weighted by atomic mass is 10.2. The van der Waals surface area contributed by atoms with Crippen molar-refractivity contribution < 1.29 is 0 Å². The number of para-hydroxylation sites is 1. The highest BCUT2D eigenvalue weighted by Crippen LogP contribution is 2.27. The number of nitrogens with zero attached hydrogens (tertiary/aromatic N) is 4. The molecule has 0 aliphatic heterocycles. The Hall–Kier alpha value is -2.44. The van der Waals surface area contributed by atoms with Gasteiger partial charge in [-0.25, -0.2) is 15.0 Å². The molecule has 0 N–H and O–H groups in total. The third-order valence-electron chi connectivity index (χ3n) is 3.71. The van der Waals surface area contributed by atoms with Crippen molar-refractivity contribution in [3.05, 3.63) is 75.6 Å². The van der Waals surface area contributed by atoms with Crippen LogP contribution in [0.1, 0.15) is 11.5 Å². The van der Waals surface area contributed by atoms with E-state index in [9.17, 15) is 4.79 Å². The quantitative estimate of drug-likeness (QED) is 0.405. The topological polar surface area (TPSA) is 60.2 Å². The van der Waals surface area contributed by atoms with Gasteiger partial charge >= 0.3 is 0 Å². The van der Waals surface area contributed by atoms with Gasteiger partial charge < -0.3 is 0 Å². The van der Waals surface area contributed by atoms with Gasteiger partial charge in [-0.1, -0.05) is 41.6 Å². The molecule has 0 saturated heterocycles. The number of hydrogen-bond acceptors (Lipinski definition) is 5. The molecule has 25 heavy (non-hydrogen) atoms. The van der Waals surface area contributed by atoms with Crippen molar-refractivity contribution in [3.8, 4) is 0 Å². The first kappa shape index (κ1) is 16.1. The summed E-state index contributed by atoms with van der Waals surface area (Å²) in [6.07, 6.45) is 1.57. The zero-order chi connectivity index (χ0) is 17.4. The zero-order valence-corrected chi connectivity index (χ0v) is 14.9. The summed E-state index contributed by atoms with van der Waals surface area (Å²) < 4.78 is 1.45. The third kappa shape index (κ3) is 3.23. The van der Waals surface area contributed by atoms with Crippen LogP contribution < -0.4 is 5.56 Å². The van der Waals surface area contributed by atoms with Gasteiger partial charge in [0, 0.05) is 23.4 Å². The molecule has 0 unspecified atom stereocenters. The molecular formula is C18H13ClN4OS. The molecule has 0 spiro atoms. The Kier molecular flexibility index (Phi) is 4.15. The molecule has 0 fully saturated rings. The van der Waals surface area contributed by atoms with Gasteiger partial charge in [0.25, 0.3) is 5.56 Å². The molecular weight excluding hydrogens is 356 g/mol. The lowest BCUT2D eigenvalue weighted by Crippen LogP contribution is -2.15. The van der Waals surface area contributed by atoms with E-state index in [0.717, 1.165) is 21.8 Å². The van der Waals surface area contributed by atoms with Crippen LogP contribution >= 0.6 is 23.4 Å². The van der Waals surface area contributed by atoms with Gasteiger partial charge in [0.2, 0.25) is 0 Å². The molecule has 0 atom stereocenters. The Balaban J connectivity index is 1.69. The summed E-state index contributed by atoms with van der Waals surface area (Å²) in [5.41, 5.74) is 2.06. The average Bonchev–Trinajstić information content (AvgIpc) is 2.60. The van der Waals surface area contributed by atoms with Crippen LogP contribution in [0.25, 0.3) is 16.6 Å². The minimum Gasteiger partial charge on any atom is -0.269 e. The highest BCUT2D eigenvalue weighted by Gasteiger charge is 2.08. The minimum absolute atomic E-state index is 0.146. The van der Waals surface area contributed by atoms with Crippen LogP contribution in [-0.2, 0) is 5.75 Å². The molecule has 0 saturated carbocycles. The third-order valence-corrected chi connectivity index (χ3v) is 4.96. The van der Waals surface area contributed by atoms with Crippen molar-refractivity contribution in [1.82, 2.24) is 19.4 Å². The molecule has 124 valence electrons. The van der Waals surface area contributed by atoms with E-state index in [2.05, 4.69) is 15.0 Å². The molecule has 4 rings (SSSR count). The molecule has 0 radical (unpaired) electrons. The van der Waals surface area contributed by atoms with Crippen molar-refractivity contribution in [2.75, 3.05) is 0 Å². The summed E-state index contributed by atoms with van der Waals surface area (Å²) in [6, 6.07) is 12.9. The molecule has 0 aliphatic rings. The SMILES string of the molecule is Cc1nc(SCc2cc(=O)n3cc(Cl)ccc3n2)c2ccccc2n1. The minimum atomic E-state index is -0.146. The number of aryl methyl sites for hydroxylation is 1. The van der Waals surface area contributed by atoms with Gasteiger partial charge in [0.15, 0.2) is 0 Å². The molecule has 4 aromatic rings. The average molecular weight is 369 g/mol. The molecule has 0 aliphatic carbocycles. The van der Waals surface area contributed by atoms with Crippen LogP contribution in [0.5, 0.6) is 0 Å². The highest BCUT2D eigenvalue weighted by atomic mass is 35.5. The van der Waals surface area contributed by atoms with Gasteiger partial charge in [-0.3, -0.25) is 9.20 Å². The van der Waals surface area contributed by atoms with Crippen molar-refractivity contribution >= 4 is 39.9 Å². The van der Waals surface area contributed by atoms with Crippen LogP contribution in [0.2, 0.25) is 5.02 Å². The second-order valence-electron chi connectivity index (χ2n) is 5.54. The maximum absolute atomic E-state index is 12.3. The Labute approximate surface area is 152 Å². The van der Waals surface area contributed by atoms with Crippen LogP contribution in [-0.4, -0.2) is 19.4 Å². The van der Waals surface area contributed by atoms with Crippen molar-refractivity contribution in [2.45, 2.75) is 17.7 Å². The molecule has 5 nitrogen and oxygen atoms in total. The number of halogens is 1. The Morgan fingerprint density at radius 3 is 2.84 bits per heavy atom. The Morgan fingerprint density at radius 2 is 1.96 bits per heavy atom. The number of benzene rings is 1. The molecule has 0 amide bonds. The van der Waals surface area contributed by atoms with E-state index in [0.29, 0.717) is 22.1 Å². The number of hydrogen-bond donors (Lipinski definition) is 0. The molecule has 3 heterocycles. The largest absolute Gasteiger partial charge is 0.269 e. The summed E-state index contributed by atoms with van der Waals surface area (Å²) in [5, 5.41) is 2.39. The first-order valence-electron chi connectivity index (χ1n) is 7.64. The van der Waals surface area contributed by atoms with E-state index in [1.54, 1.807) is 30.1 Å². The van der Waals surface area contributed by atoms with Gasteiger partial charge in [-0.15, -0.1) is 0 Å². The van der Waals surface area contributed by atoms with Crippen molar-refractivity contribution in [1.29, 1.82) is 0 Å². The summed E-state index contributed by atoms with van der Waals surface area (Å²) in [7, 11) is 0. The molecule has 3 aromatic heterocycles. The number of rotatable bonds is 3. The summed E-state index contributed by atoms with van der Waals surface area (Å²) >= 11 is 7.49.